The fraction of sp³-hybridized carbons (Fsp3) is 0.625. The van der Waals surface area contributed by atoms with Crippen LogP contribution in [0.5, 0.6) is 5.75 Å². The molecule has 4 heteroatoms. The minimum atomic E-state index is 0.398. The van der Waals surface area contributed by atoms with E-state index < -0.39 is 0 Å². The topological polar surface area (TPSA) is 39.7 Å². The molecule has 0 amide bonds. The monoisotopic (exact) mass is 279 g/mol. The van der Waals surface area contributed by atoms with Crippen molar-refractivity contribution in [2.45, 2.75) is 25.4 Å². The van der Waals surface area contributed by atoms with E-state index in [9.17, 15) is 0 Å². The second-order valence-electron chi connectivity index (χ2n) is 5.07. The largest absolute Gasteiger partial charge is 0.492 e. The first-order chi connectivity index (χ1) is 9.88. The molecule has 0 aliphatic carbocycles. The van der Waals surface area contributed by atoms with Gasteiger partial charge in [0.2, 0.25) is 0 Å². The van der Waals surface area contributed by atoms with Gasteiger partial charge in [-0.1, -0.05) is 12.1 Å². The lowest BCUT2D eigenvalue weighted by molar-refractivity contribution is 0.109. The zero-order valence-electron chi connectivity index (χ0n) is 12.3. The highest BCUT2D eigenvalue weighted by atomic mass is 16.5. The fourth-order valence-corrected chi connectivity index (χ4v) is 2.28. The number of benzene rings is 1. The second-order valence-corrected chi connectivity index (χ2v) is 5.07. The van der Waals surface area contributed by atoms with Gasteiger partial charge in [-0.15, -0.1) is 0 Å². The lowest BCUT2D eigenvalue weighted by Gasteiger charge is -2.11. The molecule has 1 atom stereocenters. The van der Waals surface area contributed by atoms with Gasteiger partial charge in [0.05, 0.1) is 12.7 Å². The van der Waals surface area contributed by atoms with Crippen LogP contribution in [0.15, 0.2) is 24.3 Å². The van der Waals surface area contributed by atoms with Crippen LogP contribution in [0.3, 0.4) is 0 Å². The third kappa shape index (κ3) is 5.49. The summed E-state index contributed by atoms with van der Waals surface area (Å²) in [6.07, 6.45) is 3.71. The molecule has 0 bridgehead atoms. The van der Waals surface area contributed by atoms with E-state index >= 15 is 0 Å². The maximum absolute atomic E-state index is 5.70. The van der Waals surface area contributed by atoms with Gasteiger partial charge in [-0.3, -0.25) is 0 Å². The number of hydrogen-bond acceptors (Lipinski definition) is 4. The fourth-order valence-electron chi connectivity index (χ4n) is 2.28. The maximum Gasteiger partial charge on any atom is 0.119 e. The molecule has 1 N–H and O–H groups in total. The van der Waals surface area contributed by atoms with Crippen LogP contribution in [0.25, 0.3) is 0 Å². The van der Waals surface area contributed by atoms with Crippen LogP contribution in [0.2, 0.25) is 0 Å². The van der Waals surface area contributed by atoms with Crippen LogP contribution in [0, 0.1) is 0 Å². The molecular weight excluding hydrogens is 254 g/mol. The highest BCUT2D eigenvalue weighted by molar-refractivity contribution is 5.27. The molecule has 1 aliphatic rings. The van der Waals surface area contributed by atoms with Crippen molar-refractivity contribution < 1.29 is 14.2 Å². The normalized spacial score (nSPS) is 18.4. The van der Waals surface area contributed by atoms with E-state index in [1.54, 1.807) is 7.11 Å². The van der Waals surface area contributed by atoms with Crippen molar-refractivity contribution in [3.05, 3.63) is 29.8 Å². The first kappa shape index (κ1) is 15.3. The Balaban J connectivity index is 1.56. The lowest BCUT2D eigenvalue weighted by Crippen LogP contribution is -2.29. The van der Waals surface area contributed by atoms with Crippen molar-refractivity contribution in [1.29, 1.82) is 0 Å². The van der Waals surface area contributed by atoms with Gasteiger partial charge in [-0.2, -0.15) is 0 Å². The van der Waals surface area contributed by atoms with Gasteiger partial charge in [0.25, 0.3) is 0 Å². The molecule has 112 valence electrons. The summed E-state index contributed by atoms with van der Waals surface area (Å²) in [5, 5.41) is 3.37. The van der Waals surface area contributed by atoms with Crippen molar-refractivity contribution >= 4 is 0 Å². The first-order valence-corrected chi connectivity index (χ1v) is 7.41. The Hall–Kier alpha value is -1.10. The zero-order chi connectivity index (χ0) is 14.0. The Morgan fingerprint density at radius 3 is 2.80 bits per heavy atom. The quantitative estimate of drug-likeness (QED) is 0.702. The molecule has 1 aromatic carbocycles. The lowest BCUT2D eigenvalue weighted by atomic mass is 10.1. The smallest absolute Gasteiger partial charge is 0.119 e. The standard InChI is InChI=1S/C16H25NO3/c1-18-11-8-14-4-6-15(7-5-14)20-12-9-17-13-16-3-2-10-19-16/h4-7,16-17H,2-3,8-13H2,1H3. The average molecular weight is 279 g/mol. The van der Waals surface area contributed by atoms with Crippen LogP contribution in [-0.2, 0) is 15.9 Å². The van der Waals surface area contributed by atoms with Crippen LogP contribution in [0.4, 0.5) is 0 Å². The number of methoxy groups -OCH3 is 1. The molecule has 0 saturated carbocycles. The molecule has 20 heavy (non-hydrogen) atoms. The number of rotatable bonds is 9. The summed E-state index contributed by atoms with van der Waals surface area (Å²) >= 11 is 0. The van der Waals surface area contributed by atoms with Gasteiger partial charge in [0, 0.05) is 26.8 Å². The molecule has 1 aliphatic heterocycles. The van der Waals surface area contributed by atoms with E-state index in [4.69, 9.17) is 14.2 Å². The van der Waals surface area contributed by atoms with Gasteiger partial charge < -0.3 is 19.5 Å². The van der Waals surface area contributed by atoms with Crippen LogP contribution >= 0.6 is 0 Å². The number of nitrogens with one attached hydrogen (secondary N) is 1. The van der Waals surface area contributed by atoms with E-state index in [2.05, 4.69) is 17.4 Å². The van der Waals surface area contributed by atoms with Gasteiger partial charge in [-0.05, 0) is 37.0 Å². The Morgan fingerprint density at radius 2 is 2.10 bits per heavy atom. The molecule has 1 saturated heterocycles. The number of ether oxygens (including phenoxy) is 3. The molecule has 1 aromatic rings. The summed E-state index contributed by atoms with van der Waals surface area (Å²) in [5.41, 5.74) is 1.27. The summed E-state index contributed by atoms with van der Waals surface area (Å²) in [5.74, 6) is 0.921. The summed E-state index contributed by atoms with van der Waals surface area (Å²) in [6.45, 7) is 4.14. The van der Waals surface area contributed by atoms with E-state index in [1.165, 1.54) is 18.4 Å². The molecule has 0 spiro atoms. The zero-order valence-corrected chi connectivity index (χ0v) is 12.3. The highest BCUT2D eigenvalue weighted by Gasteiger charge is 2.14. The Morgan fingerprint density at radius 1 is 1.25 bits per heavy atom. The predicted molar refractivity (Wildman–Crippen MR) is 79.4 cm³/mol. The molecule has 0 radical (unpaired) electrons. The first-order valence-electron chi connectivity index (χ1n) is 7.41. The molecule has 0 aromatic heterocycles. The highest BCUT2D eigenvalue weighted by Crippen LogP contribution is 2.13. The van der Waals surface area contributed by atoms with Crippen molar-refractivity contribution in [2.75, 3.05) is 40.0 Å². The molecule has 4 nitrogen and oxygen atoms in total. The minimum absolute atomic E-state index is 0.398. The number of hydrogen-bond donors (Lipinski definition) is 1. The molecule has 1 unspecified atom stereocenters. The third-order valence-corrected chi connectivity index (χ3v) is 3.46. The SMILES string of the molecule is COCCc1ccc(OCCNCC2CCCO2)cc1. The summed E-state index contributed by atoms with van der Waals surface area (Å²) in [7, 11) is 1.72. The van der Waals surface area contributed by atoms with Crippen molar-refractivity contribution in [2.24, 2.45) is 0 Å². The maximum atomic E-state index is 5.70. The minimum Gasteiger partial charge on any atom is -0.492 e. The van der Waals surface area contributed by atoms with Crippen molar-refractivity contribution in [3.8, 4) is 5.75 Å². The van der Waals surface area contributed by atoms with Gasteiger partial charge in [0.15, 0.2) is 0 Å². The molecular formula is C16H25NO3. The Kier molecular flexibility index (Phi) is 6.84. The Labute approximate surface area is 121 Å². The summed E-state index contributed by atoms with van der Waals surface area (Å²) < 4.78 is 16.3. The van der Waals surface area contributed by atoms with Crippen LogP contribution in [-0.4, -0.2) is 46.1 Å². The predicted octanol–water partition coefficient (Wildman–Crippen LogP) is 2.02. The van der Waals surface area contributed by atoms with Gasteiger partial charge in [-0.25, -0.2) is 0 Å². The Bertz CT molecular complexity index is 360. The molecule has 1 fully saturated rings. The second kappa shape index (κ2) is 8.95. The van der Waals surface area contributed by atoms with Gasteiger partial charge >= 0.3 is 0 Å². The van der Waals surface area contributed by atoms with Crippen molar-refractivity contribution in [3.63, 3.8) is 0 Å². The summed E-state index contributed by atoms with van der Waals surface area (Å²) in [6, 6.07) is 8.22. The molecule has 2 rings (SSSR count). The van der Waals surface area contributed by atoms with Gasteiger partial charge in [0.1, 0.15) is 12.4 Å². The van der Waals surface area contributed by atoms with E-state index in [0.717, 1.165) is 38.5 Å². The van der Waals surface area contributed by atoms with Crippen LogP contribution < -0.4 is 10.1 Å². The van der Waals surface area contributed by atoms with Crippen molar-refractivity contribution in [1.82, 2.24) is 5.32 Å². The van der Waals surface area contributed by atoms with E-state index in [-0.39, 0.29) is 0 Å². The van der Waals surface area contributed by atoms with E-state index in [0.29, 0.717) is 12.7 Å². The van der Waals surface area contributed by atoms with E-state index in [1.807, 2.05) is 12.1 Å². The van der Waals surface area contributed by atoms with Crippen LogP contribution in [0.1, 0.15) is 18.4 Å². The summed E-state index contributed by atoms with van der Waals surface area (Å²) in [4.78, 5) is 0. The third-order valence-electron chi connectivity index (χ3n) is 3.46. The average Bonchev–Trinajstić information content (AvgIpc) is 2.99. The molecule has 1 heterocycles.